The van der Waals surface area contributed by atoms with E-state index in [-0.39, 0.29) is 23.8 Å². The van der Waals surface area contributed by atoms with Gasteiger partial charge in [0.25, 0.3) is 0 Å². The Bertz CT molecular complexity index is 955. The highest BCUT2D eigenvalue weighted by Crippen LogP contribution is 2.47. The summed E-state index contributed by atoms with van der Waals surface area (Å²) < 4.78 is 42.1. The molecular formula is C26H33FO5P+. The van der Waals surface area contributed by atoms with Crippen molar-refractivity contribution in [1.29, 1.82) is 0 Å². The van der Waals surface area contributed by atoms with E-state index in [9.17, 15) is 13.8 Å². The molecule has 0 spiro atoms. The van der Waals surface area contributed by atoms with E-state index in [0.717, 1.165) is 55.4 Å². The van der Waals surface area contributed by atoms with Crippen molar-refractivity contribution in [2.24, 2.45) is 11.8 Å². The molecule has 2 saturated carbocycles. The molecule has 0 radical (unpaired) electrons. The Morgan fingerprint density at radius 1 is 1.06 bits per heavy atom. The minimum atomic E-state index is -2.62. The Morgan fingerprint density at radius 3 is 2.48 bits per heavy atom. The Balaban J connectivity index is 1.33. The molecule has 1 N–H and O–H groups in total. The van der Waals surface area contributed by atoms with E-state index in [1.54, 1.807) is 13.2 Å². The van der Waals surface area contributed by atoms with Crippen LogP contribution in [0, 0.1) is 17.7 Å². The molecule has 0 heterocycles. The maximum absolute atomic E-state index is 14.3. The average Bonchev–Trinajstić information content (AvgIpc) is 3.63. The van der Waals surface area contributed by atoms with Crippen molar-refractivity contribution in [3.8, 4) is 11.5 Å². The zero-order valence-corrected chi connectivity index (χ0v) is 20.2. The van der Waals surface area contributed by atoms with E-state index in [4.69, 9.17) is 14.0 Å². The molecule has 2 aliphatic carbocycles. The van der Waals surface area contributed by atoms with Crippen LogP contribution in [0.25, 0.3) is 0 Å². The zero-order chi connectivity index (χ0) is 23.4. The van der Waals surface area contributed by atoms with Gasteiger partial charge in [-0.3, -0.25) is 0 Å². The maximum atomic E-state index is 14.3. The van der Waals surface area contributed by atoms with Gasteiger partial charge in [-0.1, -0.05) is 12.1 Å². The quantitative estimate of drug-likeness (QED) is 0.386. The van der Waals surface area contributed by atoms with E-state index >= 15 is 0 Å². The van der Waals surface area contributed by atoms with Crippen LogP contribution in [-0.4, -0.2) is 24.7 Å². The van der Waals surface area contributed by atoms with Crippen LogP contribution in [0.4, 0.5) is 4.39 Å². The average molecular weight is 476 g/mol. The first-order chi connectivity index (χ1) is 15.9. The molecule has 2 aliphatic rings. The van der Waals surface area contributed by atoms with Gasteiger partial charge in [0.2, 0.25) is 0 Å². The summed E-state index contributed by atoms with van der Waals surface area (Å²) in [6.45, 7) is 2.50. The van der Waals surface area contributed by atoms with Crippen LogP contribution >= 0.6 is 8.25 Å². The highest BCUT2D eigenvalue weighted by molar-refractivity contribution is 7.32. The predicted molar refractivity (Wildman–Crippen MR) is 125 cm³/mol. The van der Waals surface area contributed by atoms with Crippen molar-refractivity contribution >= 4 is 8.25 Å². The minimum absolute atomic E-state index is 0.0906. The third-order valence-corrected chi connectivity index (χ3v) is 7.62. The second-order valence-electron chi connectivity index (χ2n) is 9.40. The van der Waals surface area contributed by atoms with Gasteiger partial charge in [-0.15, -0.1) is 9.42 Å². The SMILES string of the molecule is COc1ccc(F)c(C2CCC(COc3cccc(C(C4CC4)C(C)O[P+](=O)O)c3)CC2)c1. The van der Waals surface area contributed by atoms with Crippen molar-refractivity contribution in [3.05, 3.63) is 59.4 Å². The lowest BCUT2D eigenvalue weighted by atomic mass is 9.79. The van der Waals surface area contributed by atoms with E-state index in [1.165, 1.54) is 6.07 Å². The molecule has 3 atom stereocenters. The first-order valence-corrected chi connectivity index (χ1v) is 13.0. The summed E-state index contributed by atoms with van der Waals surface area (Å²) in [6, 6.07) is 13.0. The molecule has 0 amide bonds. The molecule has 3 unspecified atom stereocenters. The number of hydrogen-bond acceptors (Lipinski definition) is 4. The van der Waals surface area contributed by atoms with Crippen molar-refractivity contribution < 1.29 is 27.8 Å². The highest BCUT2D eigenvalue weighted by atomic mass is 31.1. The molecule has 2 aromatic rings. The van der Waals surface area contributed by atoms with E-state index in [1.807, 2.05) is 37.3 Å². The molecule has 0 aliphatic heterocycles. The Kier molecular flexibility index (Phi) is 8.00. The maximum Gasteiger partial charge on any atom is 0.695 e. The van der Waals surface area contributed by atoms with Crippen molar-refractivity contribution in [1.82, 2.24) is 0 Å². The van der Waals surface area contributed by atoms with Crippen LogP contribution in [0.15, 0.2) is 42.5 Å². The largest absolute Gasteiger partial charge is 0.695 e. The van der Waals surface area contributed by atoms with E-state index in [0.29, 0.717) is 24.2 Å². The van der Waals surface area contributed by atoms with Crippen LogP contribution in [0.1, 0.15) is 68.4 Å². The van der Waals surface area contributed by atoms with E-state index in [2.05, 4.69) is 0 Å². The summed E-state index contributed by atoms with van der Waals surface area (Å²) in [6.07, 6.45) is 5.78. The lowest BCUT2D eigenvalue weighted by Crippen LogP contribution is -2.20. The number of rotatable bonds is 10. The van der Waals surface area contributed by atoms with Crippen molar-refractivity contribution in [3.63, 3.8) is 0 Å². The van der Waals surface area contributed by atoms with Gasteiger partial charge in [0.1, 0.15) is 23.4 Å². The summed E-state index contributed by atoms with van der Waals surface area (Å²) in [5.74, 6) is 2.61. The van der Waals surface area contributed by atoms with Crippen LogP contribution in [-0.2, 0) is 9.09 Å². The zero-order valence-electron chi connectivity index (χ0n) is 19.3. The van der Waals surface area contributed by atoms with Crippen LogP contribution < -0.4 is 9.47 Å². The Morgan fingerprint density at radius 2 is 1.82 bits per heavy atom. The second kappa shape index (κ2) is 10.9. The van der Waals surface area contributed by atoms with Crippen molar-refractivity contribution in [2.45, 2.75) is 63.4 Å². The molecule has 5 nitrogen and oxygen atoms in total. The minimum Gasteiger partial charge on any atom is -0.497 e. The molecule has 4 rings (SSSR count). The number of methoxy groups -OCH3 is 1. The van der Waals surface area contributed by atoms with Gasteiger partial charge >= 0.3 is 8.25 Å². The Labute approximate surface area is 196 Å². The van der Waals surface area contributed by atoms with Crippen LogP contribution in [0.2, 0.25) is 0 Å². The standard InChI is InChI=1S/C26H32FO5P/c1-17(32-33(28)29)26(20-10-11-20)21-4-3-5-23(14-21)31-16-18-6-8-19(9-7-18)24-15-22(30-2)12-13-25(24)27/h3-5,12-15,17-20,26H,6-11,16H2,1-2H3/p+1. The summed E-state index contributed by atoms with van der Waals surface area (Å²) in [7, 11) is -1.01. The third-order valence-electron chi connectivity index (χ3n) is 7.11. The number of hydrogen-bond donors (Lipinski definition) is 1. The molecule has 0 saturated heterocycles. The first kappa shape index (κ1) is 24.1. The fourth-order valence-electron chi connectivity index (χ4n) is 5.22. The second-order valence-corrected chi connectivity index (χ2v) is 10.1. The van der Waals surface area contributed by atoms with Crippen molar-refractivity contribution in [2.75, 3.05) is 13.7 Å². The van der Waals surface area contributed by atoms with Gasteiger partial charge in [0, 0.05) is 10.5 Å². The van der Waals surface area contributed by atoms with Gasteiger partial charge < -0.3 is 9.47 Å². The summed E-state index contributed by atoms with van der Waals surface area (Å²) >= 11 is 0. The molecule has 0 bridgehead atoms. The summed E-state index contributed by atoms with van der Waals surface area (Å²) in [5, 5.41) is 0. The molecule has 7 heteroatoms. The molecule has 2 fully saturated rings. The lowest BCUT2D eigenvalue weighted by Gasteiger charge is -2.29. The normalized spacial score (nSPS) is 23.0. The third kappa shape index (κ3) is 6.32. The van der Waals surface area contributed by atoms with Gasteiger partial charge in [-0.25, -0.2) is 4.39 Å². The molecule has 2 aromatic carbocycles. The van der Waals surface area contributed by atoms with Gasteiger partial charge in [-0.05, 0) is 105 Å². The molecule has 178 valence electrons. The number of halogens is 1. The fourth-order valence-corrected chi connectivity index (χ4v) is 5.63. The Hall–Kier alpha value is -2.01. The predicted octanol–water partition coefficient (Wildman–Crippen LogP) is 6.74. The van der Waals surface area contributed by atoms with Gasteiger partial charge in [0.05, 0.1) is 13.7 Å². The first-order valence-electron chi connectivity index (χ1n) is 11.8. The lowest BCUT2D eigenvalue weighted by molar-refractivity contribution is 0.166. The summed E-state index contributed by atoms with van der Waals surface area (Å²) in [4.78, 5) is 9.17. The van der Waals surface area contributed by atoms with Gasteiger partial charge in [-0.2, -0.15) is 0 Å². The topological polar surface area (TPSA) is 65.0 Å². The highest BCUT2D eigenvalue weighted by Gasteiger charge is 2.40. The fraction of sp³-hybridized carbons (Fsp3) is 0.538. The molecule has 0 aromatic heterocycles. The smallest absolute Gasteiger partial charge is 0.497 e. The van der Waals surface area contributed by atoms with Crippen LogP contribution in [0.3, 0.4) is 0 Å². The van der Waals surface area contributed by atoms with E-state index < -0.39 is 8.25 Å². The number of ether oxygens (including phenoxy) is 2. The molecular weight excluding hydrogens is 442 g/mol. The summed E-state index contributed by atoms with van der Waals surface area (Å²) in [5.41, 5.74) is 1.85. The van der Waals surface area contributed by atoms with Crippen LogP contribution in [0.5, 0.6) is 11.5 Å². The molecule has 33 heavy (non-hydrogen) atoms. The number of benzene rings is 2. The van der Waals surface area contributed by atoms with Gasteiger partial charge in [0.15, 0.2) is 0 Å². The monoisotopic (exact) mass is 475 g/mol.